The zero-order valence-corrected chi connectivity index (χ0v) is 11.5. The number of aliphatic hydroxyl groups is 2. The van der Waals surface area contributed by atoms with Gasteiger partial charge in [-0.2, -0.15) is 0 Å². The molecule has 0 aliphatic carbocycles. The summed E-state index contributed by atoms with van der Waals surface area (Å²) in [6.45, 7) is 13.3. The summed E-state index contributed by atoms with van der Waals surface area (Å²) in [5.74, 6) is 0.257. The Bertz CT molecular complexity index is 259. The minimum Gasteiger partial charge on any atom is -0.395 e. The number of likely N-dealkylation sites (tertiary alicyclic amines) is 1. The van der Waals surface area contributed by atoms with Gasteiger partial charge in [-0.15, -0.1) is 0 Å². The second-order valence-electron chi connectivity index (χ2n) is 6.50. The van der Waals surface area contributed by atoms with E-state index in [0.717, 1.165) is 6.42 Å². The Morgan fingerprint density at radius 3 is 2.12 bits per heavy atom. The Hall–Kier alpha value is -0.120. The predicted molar refractivity (Wildman–Crippen MR) is 66.4 cm³/mol. The smallest absolute Gasteiger partial charge is 0.0823 e. The minimum atomic E-state index is -0.725. The van der Waals surface area contributed by atoms with Crippen LogP contribution in [0.15, 0.2) is 0 Å². The molecule has 1 saturated heterocycles. The van der Waals surface area contributed by atoms with E-state index in [1.807, 2.05) is 6.92 Å². The van der Waals surface area contributed by atoms with Crippen molar-refractivity contribution in [3.63, 3.8) is 0 Å². The third-order valence-corrected chi connectivity index (χ3v) is 4.73. The largest absolute Gasteiger partial charge is 0.395 e. The Labute approximate surface area is 99.5 Å². The van der Waals surface area contributed by atoms with Gasteiger partial charge < -0.3 is 10.2 Å². The van der Waals surface area contributed by atoms with E-state index in [9.17, 15) is 10.2 Å². The van der Waals surface area contributed by atoms with Crippen molar-refractivity contribution in [1.29, 1.82) is 0 Å². The van der Waals surface area contributed by atoms with Gasteiger partial charge in [0.2, 0.25) is 0 Å². The molecule has 0 bridgehead atoms. The number of aliphatic hydroxyl groups excluding tert-OH is 1. The molecule has 1 rings (SSSR count). The van der Waals surface area contributed by atoms with E-state index >= 15 is 0 Å². The van der Waals surface area contributed by atoms with Gasteiger partial charge in [0.1, 0.15) is 0 Å². The van der Waals surface area contributed by atoms with Crippen LogP contribution in [0, 0.1) is 5.92 Å². The summed E-state index contributed by atoms with van der Waals surface area (Å²) in [5.41, 5.74) is -1.03. The molecule has 0 aromatic carbocycles. The molecule has 3 nitrogen and oxygen atoms in total. The van der Waals surface area contributed by atoms with Crippen molar-refractivity contribution in [2.75, 3.05) is 13.2 Å². The highest BCUT2D eigenvalue weighted by atomic mass is 16.3. The highest BCUT2D eigenvalue weighted by Crippen LogP contribution is 2.47. The third kappa shape index (κ3) is 1.89. The first-order chi connectivity index (χ1) is 7.07. The van der Waals surface area contributed by atoms with Crippen LogP contribution in [0.3, 0.4) is 0 Å². The van der Waals surface area contributed by atoms with E-state index in [0.29, 0.717) is 6.54 Å². The Morgan fingerprint density at radius 1 is 1.19 bits per heavy atom. The lowest BCUT2D eigenvalue weighted by molar-refractivity contribution is -0.191. The molecule has 0 aromatic rings. The first-order valence-electron chi connectivity index (χ1n) is 6.18. The van der Waals surface area contributed by atoms with Gasteiger partial charge in [-0.1, -0.05) is 6.92 Å². The SMILES string of the molecule is CC1CC(C)(C)N(CCO)C(C)(C)C1(C)O. The molecule has 96 valence electrons. The van der Waals surface area contributed by atoms with E-state index in [1.165, 1.54) is 0 Å². The van der Waals surface area contributed by atoms with Crippen LogP contribution in [-0.2, 0) is 0 Å². The second kappa shape index (κ2) is 3.97. The standard InChI is InChI=1S/C13H27NO2/c1-10-9-11(2,3)14(7-8-15)12(4,5)13(10,6)16/h10,15-16H,7-9H2,1-6H3. The maximum absolute atomic E-state index is 10.7. The Balaban J connectivity index is 3.12. The first-order valence-corrected chi connectivity index (χ1v) is 6.18. The van der Waals surface area contributed by atoms with Gasteiger partial charge in [0.05, 0.1) is 12.2 Å². The van der Waals surface area contributed by atoms with E-state index in [1.54, 1.807) is 0 Å². The summed E-state index contributed by atoms with van der Waals surface area (Å²) >= 11 is 0. The molecule has 2 N–H and O–H groups in total. The summed E-state index contributed by atoms with van der Waals surface area (Å²) < 4.78 is 0. The van der Waals surface area contributed by atoms with Crippen LogP contribution in [0.2, 0.25) is 0 Å². The van der Waals surface area contributed by atoms with Crippen LogP contribution < -0.4 is 0 Å². The first kappa shape index (κ1) is 13.9. The van der Waals surface area contributed by atoms with Gasteiger partial charge in [-0.05, 0) is 47.0 Å². The average Bonchev–Trinajstić information content (AvgIpc) is 2.10. The molecule has 2 unspecified atom stereocenters. The quantitative estimate of drug-likeness (QED) is 0.756. The number of β-amino-alcohol motifs (C(OH)–C–C–N with tert-alkyl or cyclic N) is 1. The highest BCUT2D eigenvalue weighted by Gasteiger charge is 2.56. The molecule has 0 saturated carbocycles. The average molecular weight is 229 g/mol. The van der Waals surface area contributed by atoms with Gasteiger partial charge in [0.25, 0.3) is 0 Å². The topological polar surface area (TPSA) is 43.7 Å². The van der Waals surface area contributed by atoms with Gasteiger partial charge in [0, 0.05) is 17.6 Å². The van der Waals surface area contributed by atoms with Crippen LogP contribution in [0.5, 0.6) is 0 Å². The van der Waals surface area contributed by atoms with E-state index in [2.05, 4.69) is 39.5 Å². The van der Waals surface area contributed by atoms with Crippen LogP contribution in [-0.4, -0.2) is 44.9 Å². The summed E-state index contributed by atoms with van der Waals surface area (Å²) in [6, 6.07) is 0. The van der Waals surface area contributed by atoms with Crippen molar-refractivity contribution in [3.8, 4) is 0 Å². The van der Waals surface area contributed by atoms with Crippen LogP contribution >= 0.6 is 0 Å². The summed E-state index contributed by atoms with van der Waals surface area (Å²) in [7, 11) is 0. The van der Waals surface area contributed by atoms with Crippen molar-refractivity contribution in [1.82, 2.24) is 4.90 Å². The van der Waals surface area contributed by atoms with E-state index in [4.69, 9.17) is 0 Å². The highest BCUT2D eigenvalue weighted by molar-refractivity contribution is 5.10. The van der Waals surface area contributed by atoms with Crippen molar-refractivity contribution in [2.45, 2.75) is 64.6 Å². The summed E-state index contributed by atoms with van der Waals surface area (Å²) in [6.07, 6.45) is 0.948. The molecule has 0 amide bonds. The van der Waals surface area contributed by atoms with Crippen LogP contribution in [0.25, 0.3) is 0 Å². The van der Waals surface area contributed by atoms with Gasteiger partial charge in [0.15, 0.2) is 0 Å². The van der Waals surface area contributed by atoms with Crippen LogP contribution in [0.4, 0.5) is 0 Å². The molecule has 1 aliphatic heterocycles. The maximum atomic E-state index is 10.7. The normalized spacial score (nSPS) is 38.6. The fraction of sp³-hybridized carbons (Fsp3) is 1.00. The van der Waals surface area contributed by atoms with Crippen molar-refractivity contribution >= 4 is 0 Å². The molecule has 1 heterocycles. The fourth-order valence-electron chi connectivity index (χ4n) is 3.37. The molecule has 2 atom stereocenters. The molecule has 16 heavy (non-hydrogen) atoms. The Morgan fingerprint density at radius 2 is 1.69 bits per heavy atom. The minimum absolute atomic E-state index is 0.0217. The number of rotatable bonds is 2. The number of hydrogen-bond donors (Lipinski definition) is 2. The molecule has 3 heteroatoms. The van der Waals surface area contributed by atoms with Crippen LogP contribution in [0.1, 0.15) is 48.0 Å². The maximum Gasteiger partial charge on any atom is 0.0823 e. The molecule has 0 radical (unpaired) electrons. The zero-order chi connectivity index (χ0) is 12.8. The van der Waals surface area contributed by atoms with E-state index in [-0.39, 0.29) is 23.6 Å². The fourth-order valence-corrected chi connectivity index (χ4v) is 3.37. The van der Waals surface area contributed by atoms with Gasteiger partial charge >= 0.3 is 0 Å². The molecule has 1 aliphatic rings. The monoisotopic (exact) mass is 229 g/mol. The van der Waals surface area contributed by atoms with E-state index < -0.39 is 5.60 Å². The molecule has 1 fully saturated rings. The zero-order valence-electron chi connectivity index (χ0n) is 11.5. The summed E-state index contributed by atoms with van der Waals surface area (Å²) in [4.78, 5) is 2.24. The van der Waals surface area contributed by atoms with Crippen molar-refractivity contribution in [2.24, 2.45) is 5.92 Å². The lowest BCUT2D eigenvalue weighted by Gasteiger charge is -2.62. The third-order valence-electron chi connectivity index (χ3n) is 4.73. The second-order valence-corrected chi connectivity index (χ2v) is 6.50. The summed E-state index contributed by atoms with van der Waals surface area (Å²) in [5, 5.41) is 19.9. The lowest BCUT2D eigenvalue weighted by Crippen LogP contribution is -2.72. The molecule has 0 spiro atoms. The lowest BCUT2D eigenvalue weighted by atomic mass is 9.64. The molecule has 0 aromatic heterocycles. The molecular weight excluding hydrogens is 202 g/mol. The van der Waals surface area contributed by atoms with Gasteiger partial charge in [-0.3, -0.25) is 4.90 Å². The van der Waals surface area contributed by atoms with Crippen molar-refractivity contribution < 1.29 is 10.2 Å². The van der Waals surface area contributed by atoms with Crippen molar-refractivity contribution in [3.05, 3.63) is 0 Å². The number of nitrogens with zero attached hydrogens (tertiary/aromatic N) is 1. The number of piperidine rings is 1. The number of hydrogen-bond acceptors (Lipinski definition) is 3. The molecular formula is C13H27NO2. The Kier molecular flexibility index (Phi) is 3.46. The predicted octanol–water partition coefficient (Wildman–Crippen LogP) is 1.63. The van der Waals surface area contributed by atoms with Gasteiger partial charge in [-0.25, -0.2) is 0 Å².